The molecule has 0 heterocycles. The summed E-state index contributed by atoms with van der Waals surface area (Å²) in [6.07, 6.45) is 5.31. The van der Waals surface area contributed by atoms with Gasteiger partial charge in [0.2, 0.25) is 0 Å². The highest BCUT2D eigenvalue weighted by Gasteiger charge is 2.40. The van der Waals surface area contributed by atoms with Gasteiger partial charge in [0.25, 0.3) is 0 Å². The van der Waals surface area contributed by atoms with E-state index in [0.717, 1.165) is 49.9 Å². The van der Waals surface area contributed by atoms with Crippen molar-refractivity contribution in [3.05, 3.63) is 29.8 Å². The largest absolute Gasteiger partial charge is 0.328 e. The maximum Gasteiger partial charge on any atom is 0.322 e. The number of carbonyl (C=O) groups is 1. The number of nitrogens with one attached hydrogen (secondary N) is 1. The Morgan fingerprint density at radius 1 is 1.38 bits per heavy atom. The van der Waals surface area contributed by atoms with Crippen molar-refractivity contribution in [3.63, 3.8) is 0 Å². The van der Waals surface area contributed by atoms with Crippen LogP contribution in [0, 0.1) is 6.92 Å². The fourth-order valence-corrected chi connectivity index (χ4v) is 3.31. The second-order valence-electron chi connectivity index (χ2n) is 6.09. The van der Waals surface area contributed by atoms with Gasteiger partial charge in [-0.2, -0.15) is 0 Å². The van der Waals surface area contributed by atoms with E-state index in [-0.39, 0.29) is 11.6 Å². The van der Waals surface area contributed by atoms with Crippen molar-refractivity contribution in [1.82, 2.24) is 4.90 Å². The summed E-state index contributed by atoms with van der Waals surface area (Å²) < 4.78 is 0. The van der Waals surface area contributed by atoms with Crippen molar-refractivity contribution in [2.24, 2.45) is 5.73 Å². The Kier molecular flexibility index (Phi) is 5.23. The average Bonchev–Trinajstić information content (AvgIpc) is 2.94. The zero-order valence-corrected chi connectivity index (χ0v) is 13.2. The molecule has 0 bridgehead atoms. The van der Waals surface area contributed by atoms with E-state index in [1.54, 1.807) is 0 Å². The lowest BCUT2D eigenvalue weighted by atomic mass is 9.95. The molecule has 21 heavy (non-hydrogen) atoms. The summed E-state index contributed by atoms with van der Waals surface area (Å²) in [5.41, 5.74) is 7.88. The third-order valence-electron chi connectivity index (χ3n) is 4.45. The lowest BCUT2D eigenvalue weighted by Crippen LogP contribution is -2.56. The zero-order valence-electron chi connectivity index (χ0n) is 13.2. The van der Waals surface area contributed by atoms with Crippen LogP contribution in [0.1, 0.15) is 44.6 Å². The number of nitrogens with zero attached hydrogens (tertiary/aromatic N) is 1. The van der Waals surface area contributed by atoms with Gasteiger partial charge in [-0.05, 0) is 43.9 Å². The van der Waals surface area contributed by atoms with Gasteiger partial charge in [-0.25, -0.2) is 4.79 Å². The number of nitrogens with two attached hydrogens (primary N) is 1. The molecule has 2 amide bonds. The van der Waals surface area contributed by atoms with Crippen LogP contribution in [0.2, 0.25) is 0 Å². The molecule has 0 atom stereocenters. The number of anilines is 1. The molecular weight excluding hydrogens is 262 g/mol. The van der Waals surface area contributed by atoms with Crippen LogP contribution in [-0.2, 0) is 0 Å². The molecule has 0 unspecified atom stereocenters. The van der Waals surface area contributed by atoms with Gasteiger partial charge >= 0.3 is 6.03 Å². The van der Waals surface area contributed by atoms with Gasteiger partial charge < -0.3 is 16.0 Å². The third-order valence-corrected chi connectivity index (χ3v) is 4.45. The molecule has 0 radical (unpaired) electrons. The van der Waals surface area contributed by atoms with Crippen LogP contribution >= 0.6 is 0 Å². The topological polar surface area (TPSA) is 58.4 Å². The first kappa shape index (κ1) is 15.8. The van der Waals surface area contributed by atoms with Crippen molar-refractivity contribution in [1.29, 1.82) is 0 Å². The van der Waals surface area contributed by atoms with Gasteiger partial charge in [0.1, 0.15) is 0 Å². The van der Waals surface area contributed by atoms with Crippen molar-refractivity contribution >= 4 is 11.7 Å². The summed E-state index contributed by atoms with van der Waals surface area (Å²) in [6, 6.07) is 7.89. The minimum absolute atomic E-state index is 0.0187. The Labute approximate surface area is 127 Å². The highest BCUT2D eigenvalue weighted by molar-refractivity contribution is 5.90. The van der Waals surface area contributed by atoms with Crippen molar-refractivity contribution in [2.75, 3.05) is 18.4 Å². The maximum absolute atomic E-state index is 12.7. The predicted molar refractivity (Wildman–Crippen MR) is 87.4 cm³/mol. The summed E-state index contributed by atoms with van der Waals surface area (Å²) >= 11 is 0. The van der Waals surface area contributed by atoms with E-state index >= 15 is 0 Å². The molecule has 1 aromatic carbocycles. The lowest BCUT2D eigenvalue weighted by Gasteiger charge is -2.40. The number of aryl methyl sites for hydroxylation is 1. The normalized spacial score (nSPS) is 16.7. The Morgan fingerprint density at radius 3 is 2.67 bits per heavy atom. The van der Waals surface area contributed by atoms with Crippen LogP contribution < -0.4 is 11.1 Å². The monoisotopic (exact) mass is 289 g/mol. The molecule has 3 N–H and O–H groups in total. The zero-order chi connectivity index (χ0) is 15.3. The molecule has 2 rings (SSSR count). The van der Waals surface area contributed by atoms with E-state index < -0.39 is 0 Å². The molecule has 1 aliphatic carbocycles. The maximum atomic E-state index is 12.7. The second-order valence-corrected chi connectivity index (χ2v) is 6.09. The van der Waals surface area contributed by atoms with Gasteiger partial charge in [0, 0.05) is 18.8 Å². The molecule has 116 valence electrons. The number of carbonyl (C=O) groups excluding carboxylic acids is 1. The molecule has 0 aliphatic heterocycles. The highest BCUT2D eigenvalue weighted by atomic mass is 16.2. The van der Waals surface area contributed by atoms with Crippen LogP contribution in [0.4, 0.5) is 10.5 Å². The van der Waals surface area contributed by atoms with E-state index in [2.05, 4.69) is 12.2 Å². The smallest absolute Gasteiger partial charge is 0.322 e. The number of rotatable bonds is 5. The number of amides is 2. The SMILES string of the molecule is CCCN(C(=O)Nc1cccc(C)c1)C1(CN)CCCC1. The number of hydrogen-bond donors (Lipinski definition) is 2. The molecule has 4 heteroatoms. The van der Waals surface area contributed by atoms with Crippen LogP contribution in [0.3, 0.4) is 0 Å². The molecule has 0 spiro atoms. The van der Waals surface area contributed by atoms with Crippen LogP contribution in [-0.4, -0.2) is 29.6 Å². The Hall–Kier alpha value is -1.55. The minimum atomic E-state index is -0.149. The van der Waals surface area contributed by atoms with Gasteiger partial charge in [0.15, 0.2) is 0 Å². The summed E-state index contributed by atoms with van der Waals surface area (Å²) in [7, 11) is 0. The third kappa shape index (κ3) is 3.56. The second kappa shape index (κ2) is 6.94. The molecule has 4 nitrogen and oxygen atoms in total. The Balaban J connectivity index is 2.15. The van der Waals surface area contributed by atoms with E-state index in [1.165, 1.54) is 0 Å². The summed E-state index contributed by atoms with van der Waals surface area (Å²) in [6.45, 7) is 5.44. The standard InChI is InChI=1S/C17H27N3O/c1-3-11-20(17(13-18)9-4-5-10-17)16(21)19-15-8-6-7-14(2)12-15/h6-8,12H,3-5,9-11,13,18H2,1-2H3,(H,19,21). The average molecular weight is 289 g/mol. The first-order valence-corrected chi connectivity index (χ1v) is 7.96. The van der Waals surface area contributed by atoms with Crippen molar-refractivity contribution < 1.29 is 4.79 Å². The molecule has 0 saturated heterocycles. The van der Waals surface area contributed by atoms with Crippen LogP contribution in [0.25, 0.3) is 0 Å². The fourth-order valence-electron chi connectivity index (χ4n) is 3.31. The van der Waals surface area contributed by atoms with E-state index in [4.69, 9.17) is 5.73 Å². The Morgan fingerprint density at radius 2 is 2.10 bits per heavy atom. The van der Waals surface area contributed by atoms with Gasteiger partial charge in [-0.15, -0.1) is 0 Å². The van der Waals surface area contributed by atoms with E-state index in [9.17, 15) is 4.79 Å². The van der Waals surface area contributed by atoms with Crippen molar-refractivity contribution in [2.45, 2.75) is 51.5 Å². The molecule has 1 fully saturated rings. The van der Waals surface area contributed by atoms with Crippen LogP contribution in [0.15, 0.2) is 24.3 Å². The summed E-state index contributed by atoms with van der Waals surface area (Å²) in [5, 5.41) is 3.04. The lowest BCUT2D eigenvalue weighted by molar-refractivity contribution is 0.129. The molecule has 0 aromatic heterocycles. The Bertz CT molecular complexity index is 481. The quantitative estimate of drug-likeness (QED) is 0.871. The fraction of sp³-hybridized carbons (Fsp3) is 0.588. The van der Waals surface area contributed by atoms with Crippen molar-refractivity contribution in [3.8, 4) is 0 Å². The van der Waals surface area contributed by atoms with Gasteiger partial charge in [-0.1, -0.05) is 31.9 Å². The number of hydrogen-bond acceptors (Lipinski definition) is 2. The summed E-state index contributed by atoms with van der Waals surface area (Å²) in [4.78, 5) is 14.7. The molecular formula is C17H27N3O. The first-order chi connectivity index (χ1) is 10.1. The number of benzene rings is 1. The van der Waals surface area contributed by atoms with Crippen LogP contribution in [0.5, 0.6) is 0 Å². The first-order valence-electron chi connectivity index (χ1n) is 7.96. The van der Waals surface area contributed by atoms with E-state index in [0.29, 0.717) is 6.54 Å². The minimum Gasteiger partial charge on any atom is -0.328 e. The van der Waals surface area contributed by atoms with Gasteiger partial charge in [0.05, 0.1) is 5.54 Å². The molecule has 1 aliphatic rings. The summed E-state index contributed by atoms with van der Waals surface area (Å²) in [5.74, 6) is 0. The number of urea groups is 1. The highest BCUT2D eigenvalue weighted by Crippen LogP contribution is 2.35. The van der Waals surface area contributed by atoms with E-state index in [1.807, 2.05) is 36.1 Å². The molecule has 1 aromatic rings. The molecule has 1 saturated carbocycles. The predicted octanol–water partition coefficient (Wildman–Crippen LogP) is 3.51. The van der Waals surface area contributed by atoms with Gasteiger partial charge in [-0.3, -0.25) is 0 Å².